The number of aromatic carboxylic acids is 1. The second-order valence-corrected chi connectivity index (χ2v) is 4.58. The molecule has 4 nitrogen and oxygen atoms in total. The molecular weight excluding hydrogens is 230 g/mol. The number of carbonyl (C=O) groups is 1. The van der Waals surface area contributed by atoms with Crippen LogP contribution in [-0.2, 0) is 0 Å². The zero-order chi connectivity index (χ0) is 12.5. The second kappa shape index (κ2) is 4.29. The third-order valence-corrected chi connectivity index (χ3v) is 3.07. The SMILES string of the molecule is O=C(O)c1cc(OCC2CC2)c2ccccc2n1. The molecule has 0 unspecified atom stereocenters. The Morgan fingerprint density at radius 1 is 1.39 bits per heavy atom. The molecule has 1 aromatic heterocycles. The van der Waals surface area contributed by atoms with E-state index in [1.165, 1.54) is 18.9 Å². The Hall–Kier alpha value is -2.10. The maximum atomic E-state index is 11.0. The van der Waals surface area contributed by atoms with Crippen LogP contribution < -0.4 is 4.74 Å². The summed E-state index contributed by atoms with van der Waals surface area (Å²) in [6, 6.07) is 8.94. The van der Waals surface area contributed by atoms with Crippen LogP contribution in [0.1, 0.15) is 23.3 Å². The van der Waals surface area contributed by atoms with Crippen molar-refractivity contribution in [3.8, 4) is 5.75 Å². The first kappa shape index (κ1) is 11.0. The van der Waals surface area contributed by atoms with Crippen LogP contribution in [0.3, 0.4) is 0 Å². The molecule has 1 heterocycles. The summed E-state index contributed by atoms with van der Waals surface area (Å²) in [5.74, 6) is 0.215. The number of carboxylic acid groups (broad SMARTS) is 1. The van der Waals surface area contributed by atoms with E-state index in [1.807, 2.05) is 18.2 Å². The fourth-order valence-corrected chi connectivity index (χ4v) is 1.86. The Kier molecular flexibility index (Phi) is 2.63. The highest BCUT2D eigenvalue weighted by molar-refractivity contribution is 5.93. The van der Waals surface area contributed by atoms with Crippen molar-refractivity contribution < 1.29 is 14.6 Å². The van der Waals surface area contributed by atoms with Crippen LogP contribution in [0.15, 0.2) is 30.3 Å². The smallest absolute Gasteiger partial charge is 0.354 e. The van der Waals surface area contributed by atoms with Gasteiger partial charge in [-0.2, -0.15) is 0 Å². The van der Waals surface area contributed by atoms with E-state index in [1.54, 1.807) is 6.07 Å². The molecular formula is C14H13NO3. The Balaban J connectivity index is 2.03. The van der Waals surface area contributed by atoms with Crippen LogP contribution in [0.2, 0.25) is 0 Å². The minimum absolute atomic E-state index is 0.0273. The number of hydrogen-bond acceptors (Lipinski definition) is 3. The number of ether oxygens (including phenoxy) is 1. The van der Waals surface area contributed by atoms with Crippen LogP contribution in [0.25, 0.3) is 10.9 Å². The highest BCUT2D eigenvalue weighted by Gasteiger charge is 2.22. The summed E-state index contributed by atoms with van der Waals surface area (Å²) in [5.41, 5.74) is 0.683. The first-order chi connectivity index (χ1) is 8.74. The van der Waals surface area contributed by atoms with Gasteiger partial charge in [-0.3, -0.25) is 0 Å². The van der Waals surface area contributed by atoms with E-state index in [4.69, 9.17) is 9.84 Å². The Morgan fingerprint density at radius 2 is 2.17 bits per heavy atom. The van der Waals surface area contributed by atoms with Gasteiger partial charge in [-0.05, 0) is 30.9 Å². The normalized spacial score (nSPS) is 14.7. The van der Waals surface area contributed by atoms with Crippen molar-refractivity contribution >= 4 is 16.9 Å². The summed E-state index contributed by atoms with van der Waals surface area (Å²) in [6.07, 6.45) is 2.41. The summed E-state index contributed by atoms with van der Waals surface area (Å²) < 4.78 is 5.73. The quantitative estimate of drug-likeness (QED) is 0.896. The van der Waals surface area contributed by atoms with Gasteiger partial charge in [0, 0.05) is 11.5 Å². The standard InChI is InChI=1S/C14H13NO3/c16-14(17)12-7-13(18-8-9-5-6-9)10-3-1-2-4-11(10)15-12/h1-4,7,9H,5-6,8H2,(H,16,17). The lowest BCUT2D eigenvalue weighted by molar-refractivity contribution is 0.0690. The van der Waals surface area contributed by atoms with Crippen molar-refractivity contribution in [2.24, 2.45) is 5.92 Å². The van der Waals surface area contributed by atoms with Gasteiger partial charge in [0.15, 0.2) is 5.69 Å². The molecule has 1 saturated carbocycles. The van der Waals surface area contributed by atoms with E-state index in [2.05, 4.69) is 4.98 Å². The van der Waals surface area contributed by atoms with E-state index < -0.39 is 5.97 Å². The first-order valence-corrected chi connectivity index (χ1v) is 6.00. The van der Waals surface area contributed by atoms with E-state index in [0.717, 1.165) is 5.39 Å². The van der Waals surface area contributed by atoms with Crippen molar-refractivity contribution in [2.75, 3.05) is 6.61 Å². The molecule has 2 aromatic rings. The summed E-state index contributed by atoms with van der Waals surface area (Å²) in [5, 5.41) is 9.90. The van der Waals surface area contributed by atoms with Crippen molar-refractivity contribution in [3.05, 3.63) is 36.0 Å². The third kappa shape index (κ3) is 2.14. The molecule has 0 spiro atoms. The highest BCUT2D eigenvalue weighted by atomic mass is 16.5. The summed E-state index contributed by atoms with van der Waals surface area (Å²) in [6.45, 7) is 0.660. The molecule has 1 aliphatic rings. The first-order valence-electron chi connectivity index (χ1n) is 6.00. The zero-order valence-corrected chi connectivity index (χ0v) is 9.80. The number of hydrogen-bond donors (Lipinski definition) is 1. The lowest BCUT2D eigenvalue weighted by atomic mass is 10.2. The van der Waals surface area contributed by atoms with Gasteiger partial charge in [0.2, 0.25) is 0 Å². The molecule has 1 N–H and O–H groups in total. The van der Waals surface area contributed by atoms with Crippen molar-refractivity contribution in [1.82, 2.24) is 4.98 Å². The van der Waals surface area contributed by atoms with E-state index >= 15 is 0 Å². The maximum Gasteiger partial charge on any atom is 0.354 e. The number of benzene rings is 1. The van der Waals surface area contributed by atoms with Crippen LogP contribution in [0, 0.1) is 5.92 Å². The van der Waals surface area contributed by atoms with Crippen LogP contribution in [-0.4, -0.2) is 22.7 Å². The van der Waals surface area contributed by atoms with Gasteiger partial charge in [0.1, 0.15) is 5.75 Å². The molecule has 0 saturated heterocycles. The molecule has 1 fully saturated rings. The molecule has 18 heavy (non-hydrogen) atoms. The number of rotatable bonds is 4. The Morgan fingerprint density at radius 3 is 2.89 bits per heavy atom. The predicted octanol–water partition coefficient (Wildman–Crippen LogP) is 2.72. The van der Waals surface area contributed by atoms with Gasteiger partial charge in [0.25, 0.3) is 0 Å². The molecule has 0 radical (unpaired) electrons. The van der Waals surface area contributed by atoms with Gasteiger partial charge >= 0.3 is 5.97 Å². The average molecular weight is 243 g/mol. The number of para-hydroxylation sites is 1. The molecule has 0 aliphatic heterocycles. The van der Waals surface area contributed by atoms with Crippen LogP contribution >= 0.6 is 0 Å². The number of pyridine rings is 1. The molecule has 0 atom stereocenters. The van der Waals surface area contributed by atoms with Gasteiger partial charge in [0.05, 0.1) is 12.1 Å². The topological polar surface area (TPSA) is 59.4 Å². The molecule has 4 heteroatoms. The Labute approximate surface area is 104 Å². The maximum absolute atomic E-state index is 11.0. The minimum atomic E-state index is -1.03. The molecule has 0 amide bonds. The summed E-state index contributed by atoms with van der Waals surface area (Å²) in [4.78, 5) is 15.1. The fraction of sp³-hybridized carbons (Fsp3) is 0.286. The number of carboxylic acids is 1. The molecule has 3 rings (SSSR count). The average Bonchev–Trinajstić information content (AvgIpc) is 3.19. The monoisotopic (exact) mass is 243 g/mol. The number of nitrogens with zero attached hydrogens (tertiary/aromatic N) is 1. The molecule has 92 valence electrons. The number of aromatic nitrogens is 1. The van der Waals surface area contributed by atoms with Crippen molar-refractivity contribution in [3.63, 3.8) is 0 Å². The predicted molar refractivity (Wildman–Crippen MR) is 66.9 cm³/mol. The lowest BCUT2D eigenvalue weighted by Gasteiger charge is -2.09. The summed E-state index contributed by atoms with van der Waals surface area (Å²) in [7, 11) is 0. The van der Waals surface area contributed by atoms with Crippen LogP contribution in [0.4, 0.5) is 0 Å². The second-order valence-electron chi connectivity index (χ2n) is 4.58. The van der Waals surface area contributed by atoms with Crippen LogP contribution in [0.5, 0.6) is 5.75 Å². The van der Waals surface area contributed by atoms with Gasteiger partial charge in [-0.15, -0.1) is 0 Å². The summed E-state index contributed by atoms with van der Waals surface area (Å²) >= 11 is 0. The van der Waals surface area contributed by atoms with Crippen molar-refractivity contribution in [1.29, 1.82) is 0 Å². The number of fused-ring (bicyclic) bond motifs is 1. The van der Waals surface area contributed by atoms with Gasteiger partial charge in [-0.25, -0.2) is 9.78 Å². The van der Waals surface area contributed by atoms with E-state index in [0.29, 0.717) is 23.8 Å². The van der Waals surface area contributed by atoms with Crippen molar-refractivity contribution in [2.45, 2.75) is 12.8 Å². The Bertz CT molecular complexity index is 605. The van der Waals surface area contributed by atoms with Gasteiger partial charge < -0.3 is 9.84 Å². The molecule has 0 bridgehead atoms. The molecule has 1 aromatic carbocycles. The highest BCUT2D eigenvalue weighted by Crippen LogP contribution is 2.31. The zero-order valence-electron chi connectivity index (χ0n) is 9.80. The minimum Gasteiger partial charge on any atom is -0.493 e. The largest absolute Gasteiger partial charge is 0.493 e. The molecule has 1 aliphatic carbocycles. The van der Waals surface area contributed by atoms with E-state index in [9.17, 15) is 4.79 Å². The third-order valence-electron chi connectivity index (χ3n) is 3.07. The lowest BCUT2D eigenvalue weighted by Crippen LogP contribution is -2.04. The fourth-order valence-electron chi connectivity index (χ4n) is 1.86. The van der Waals surface area contributed by atoms with Gasteiger partial charge in [-0.1, -0.05) is 12.1 Å². The van der Waals surface area contributed by atoms with E-state index in [-0.39, 0.29) is 5.69 Å².